The van der Waals surface area contributed by atoms with Crippen molar-refractivity contribution in [3.05, 3.63) is 22.5 Å². The molecule has 0 amide bonds. The molecule has 2 aromatic heterocycles. The van der Waals surface area contributed by atoms with Gasteiger partial charge in [-0.15, -0.1) is 11.3 Å². The molecule has 0 aliphatic rings. The number of hydrogen-bond donors (Lipinski definition) is 0. The molecule has 0 bridgehead atoms. The van der Waals surface area contributed by atoms with Gasteiger partial charge in [0.1, 0.15) is 6.29 Å². The number of thiazole rings is 1. The van der Waals surface area contributed by atoms with E-state index in [0.29, 0.717) is 6.42 Å². The predicted octanol–water partition coefficient (Wildman–Crippen LogP) is 1.75. The Morgan fingerprint density at radius 2 is 2.38 bits per heavy atom. The van der Waals surface area contributed by atoms with E-state index < -0.39 is 0 Å². The molecule has 0 aliphatic heterocycles. The van der Waals surface area contributed by atoms with Crippen molar-refractivity contribution in [2.24, 2.45) is 0 Å². The Morgan fingerprint density at radius 3 is 3.00 bits per heavy atom. The van der Waals surface area contributed by atoms with Gasteiger partial charge in [-0.2, -0.15) is 0 Å². The maximum atomic E-state index is 10.3. The number of fused-ring (bicyclic) bond motifs is 1. The summed E-state index contributed by atoms with van der Waals surface area (Å²) in [6.45, 7) is 4.03. The Kier molecular flexibility index (Phi) is 1.92. The first-order valence-electron chi connectivity index (χ1n) is 4.10. The maximum absolute atomic E-state index is 10.3. The largest absolute Gasteiger partial charge is 0.303 e. The van der Waals surface area contributed by atoms with Crippen molar-refractivity contribution < 1.29 is 4.79 Å². The van der Waals surface area contributed by atoms with Crippen molar-refractivity contribution in [1.82, 2.24) is 9.38 Å². The average molecular weight is 194 g/mol. The van der Waals surface area contributed by atoms with E-state index in [-0.39, 0.29) is 0 Å². The first kappa shape index (κ1) is 8.44. The molecule has 13 heavy (non-hydrogen) atoms. The molecule has 0 aromatic carbocycles. The van der Waals surface area contributed by atoms with Gasteiger partial charge in [-0.1, -0.05) is 0 Å². The van der Waals surface area contributed by atoms with Gasteiger partial charge in [-0.3, -0.25) is 4.40 Å². The van der Waals surface area contributed by atoms with Crippen molar-refractivity contribution in [3.8, 4) is 0 Å². The average Bonchev–Trinajstić information content (AvgIpc) is 2.56. The lowest BCUT2D eigenvalue weighted by Gasteiger charge is -1.88. The van der Waals surface area contributed by atoms with Crippen LogP contribution in [0.4, 0.5) is 0 Å². The third-order valence-electron chi connectivity index (χ3n) is 2.13. The number of rotatable bonds is 2. The molecule has 2 heterocycles. The van der Waals surface area contributed by atoms with Crippen LogP contribution in [0.25, 0.3) is 4.96 Å². The number of imidazole rings is 1. The molecule has 0 aliphatic carbocycles. The second-order valence-corrected chi connectivity index (χ2v) is 4.10. The Hall–Kier alpha value is -1.16. The van der Waals surface area contributed by atoms with Crippen molar-refractivity contribution in [2.75, 3.05) is 0 Å². The minimum atomic E-state index is 0.493. The van der Waals surface area contributed by atoms with Crippen LogP contribution in [0.1, 0.15) is 16.3 Å². The highest BCUT2D eigenvalue weighted by Gasteiger charge is 2.07. The van der Waals surface area contributed by atoms with Crippen LogP contribution in [0.5, 0.6) is 0 Å². The number of carbonyl (C=O) groups excluding carboxylic acids is 1. The summed E-state index contributed by atoms with van der Waals surface area (Å²) in [5, 5.41) is 0. The smallest absolute Gasteiger partial charge is 0.194 e. The zero-order valence-electron chi connectivity index (χ0n) is 7.57. The molecular formula is C9H10N2OS. The summed E-state index contributed by atoms with van der Waals surface area (Å²) in [7, 11) is 0. The molecule has 2 aromatic rings. The van der Waals surface area contributed by atoms with Crippen LogP contribution in [0.15, 0.2) is 6.20 Å². The number of hydrogen-bond acceptors (Lipinski definition) is 3. The van der Waals surface area contributed by atoms with Crippen molar-refractivity contribution in [2.45, 2.75) is 20.3 Å². The van der Waals surface area contributed by atoms with Crippen LogP contribution in [0.2, 0.25) is 0 Å². The molecule has 4 heteroatoms. The van der Waals surface area contributed by atoms with Gasteiger partial charge in [0.2, 0.25) is 0 Å². The van der Waals surface area contributed by atoms with Gasteiger partial charge in [-0.25, -0.2) is 4.98 Å². The predicted molar refractivity (Wildman–Crippen MR) is 52.3 cm³/mol. The first-order chi connectivity index (χ1) is 6.22. The zero-order valence-corrected chi connectivity index (χ0v) is 8.39. The molecule has 0 saturated heterocycles. The third-order valence-corrected chi connectivity index (χ3v) is 3.14. The number of nitrogens with zero attached hydrogens (tertiary/aromatic N) is 2. The van der Waals surface area contributed by atoms with Gasteiger partial charge in [0.25, 0.3) is 0 Å². The summed E-state index contributed by atoms with van der Waals surface area (Å²) in [6, 6.07) is 0. The normalized spacial score (nSPS) is 10.9. The SMILES string of the molecule is Cc1nc2sc(CC=O)cn2c1C. The summed E-state index contributed by atoms with van der Waals surface area (Å²) in [5.74, 6) is 0. The van der Waals surface area contributed by atoms with Crippen molar-refractivity contribution >= 4 is 22.6 Å². The van der Waals surface area contributed by atoms with Gasteiger partial charge in [0.15, 0.2) is 4.96 Å². The molecule has 0 radical (unpaired) electrons. The highest BCUT2D eigenvalue weighted by Crippen LogP contribution is 2.20. The molecule has 0 fully saturated rings. The Bertz CT molecular complexity index is 455. The van der Waals surface area contributed by atoms with Crippen LogP contribution in [-0.4, -0.2) is 15.7 Å². The van der Waals surface area contributed by atoms with E-state index in [1.807, 2.05) is 24.4 Å². The molecule has 0 spiro atoms. The van der Waals surface area contributed by atoms with Crippen LogP contribution in [-0.2, 0) is 11.2 Å². The standard InChI is InChI=1S/C9H10N2OS/c1-6-7(2)11-5-8(3-4-12)13-9(11)10-6/h4-5H,3H2,1-2H3. The molecule has 68 valence electrons. The molecule has 0 N–H and O–H groups in total. The highest BCUT2D eigenvalue weighted by molar-refractivity contribution is 7.17. The summed E-state index contributed by atoms with van der Waals surface area (Å²) in [4.78, 5) is 16.7. The zero-order chi connectivity index (χ0) is 9.42. The van der Waals surface area contributed by atoms with Crippen LogP contribution < -0.4 is 0 Å². The second-order valence-electron chi connectivity index (χ2n) is 3.00. The fourth-order valence-electron chi connectivity index (χ4n) is 1.28. The van der Waals surface area contributed by atoms with Crippen molar-refractivity contribution in [1.29, 1.82) is 0 Å². The first-order valence-corrected chi connectivity index (χ1v) is 4.91. The maximum Gasteiger partial charge on any atom is 0.194 e. The van der Waals surface area contributed by atoms with Gasteiger partial charge in [0, 0.05) is 23.2 Å². The fraction of sp³-hybridized carbons (Fsp3) is 0.333. The summed E-state index contributed by atoms with van der Waals surface area (Å²) in [5.41, 5.74) is 2.22. The number of aldehydes is 1. The highest BCUT2D eigenvalue weighted by atomic mass is 32.1. The van der Waals surface area contributed by atoms with Crippen LogP contribution >= 0.6 is 11.3 Å². The lowest BCUT2D eigenvalue weighted by atomic mass is 10.4. The topological polar surface area (TPSA) is 34.4 Å². The van der Waals surface area contributed by atoms with E-state index in [4.69, 9.17) is 0 Å². The minimum Gasteiger partial charge on any atom is -0.303 e. The second kappa shape index (κ2) is 2.96. The van der Waals surface area contributed by atoms with E-state index in [2.05, 4.69) is 4.98 Å². The lowest BCUT2D eigenvalue weighted by Crippen LogP contribution is -1.84. The van der Waals surface area contributed by atoms with Gasteiger partial charge < -0.3 is 4.79 Å². The van der Waals surface area contributed by atoms with Gasteiger partial charge in [-0.05, 0) is 13.8 Å². The molecule has 2 rings (SSSR count). The van der Waals surface area contributed by atoms with E-state index in [0.717, 1.165) is 27.5 Å². The number of aromatic nitrogens is 2. The van der Waals surface area contributed by atoms with E-state index in [1.54, 1.807) is 11.3 Å². The Labute approximate surface area is 80.0 Å². The quantitative estimate of drug-likeness (QED) is 0.683. The minimum absolute atomic E-state index is 0.493. The van der Waals surface area contributed by atoms with E-state index in [1.165, 1.54) is 0 Å². The van der Waals surface area contributed by atoms with E-state index in [9.17, 15) is 4.79 Å². The molecule has 0 atom stereocenters. The third kappa shape index (κ3) is 1.27. The summed E-state index contributed by atoms with van der Waals surface area (Å²) < 4.78 is 2.04. The Balaban J connectivity index is 2.58. The molecule has 3 nitrogen and oxygen atoms in total. The number of aryl methyl sites for hydroxylation is 2. The van der Waals surface area contributed by atoms with Crippen molar-refractivity contribution in [3.63, 3.8) is 0 Å². The monoisotopic (exact) mass is 194 g/mol. The molecule has 0 unspecified atom stereocenters. The molecular weight excluding hydrogens is 184 g/mol. The molecule has 0 saturated carbocycles. The van der Waals surface area contributed by atoms with Gasteiger partial charge in [0.05, 0.1) is 5.69 Å². The lowest BCUT2D eigenvalue weighted by molar-refractivity contribution is -0.107. The fourth-order valence-corrected chi connectivity index (χ4v) is 2.30. The van der Waals surface area contributed by atoms with Crippen LogP contribution in [0.3, 0.4) is 0 Å². The van der Waals surface area contributed by atoms with Gasteiger partial charge >= 0.3 is 0 Å². The number of carbonyl (C=O) groups is 1. The Morgan fingerprint density at radius 1 is 1.62 bits per heavy atom. The van der Waals surface area contributed by atoms with Crippen LogP contribution in [0, 0.1) is 13.8 Å². The summed E-state index contributed by atoms with van der Waals surface area (Å²) in [6.07, 6.45) is 3.41. The summed E-state index contributed by atoms with van der Waals surface area (Å²) >= 11 is 1.58. The van der Waals surface area contributed by atoms with E-state index >= 15 is 0 Å².